The van der Waals surface area contributed by atoms with E-state index in [1.165, 1.54) is 0 Å². The predicted molar refractivity (Wildman–Crippen MR) is 61.3 cm³/mol. The number of rotatable bonds is 3. The molecule has 0 aliphatic heterocycles. The summed E-state index contributed by atoms with van der Waals surface area (Å²) < 4.78 is 11.1. The van der Waals surface area contributed by atoms with E-state index in [0.29, 0.717) is 11.5 Å². The summed E-state index contributed by atoms with van der Waals surface area (Å²) in [6.45, 7) is 1.84. The molecule has 0 radical (unpaired) electrons. The fourth-order valence-corrected chi connectivity index (χ4v) is 2.14. The molecule has 0 amide bonds. The Balaban J connectivity index is 3.30. The molecule has 1 unspecified atom stereocenters. The lowest BCUT2D eigenvalue weighted by Gasteiger charge is -2.13. The lowest BCUT2D eigenvalue weighted by atomic mass is 10.0. The van der Waals surface area contributed by atoms with E-state index in [0.717, 1.165) is 10.0 Å². The third kappa shape index (κ3) is 2.24. The minimum Gasteiger partial charge on any atom is -0.493 e. The number of ether oxygens (including phenoxy) is 2. The highest BCUT2D eigenvalue weighted by Gasteiger charge is 2.16. The van der Waals surface area contributed by atoms with Crippen LogP contribution >= 0.6 is 15.9 Å². The third-order valence-electron chi connectivity index (χ3n) is 2.18. The number of nitriles is 1. The molecule has 0 aliphatic carbocycles. The molecule has 1 aromatic carbocycles. The summed E-state index contributed by atoms with van der Waals surface area (Å²) in [6.07, 6.45) is 0. The number of nitrogens with zero attached hydrogens (tertiary/aromatic N) is 1. The zero-order valence-electron chi connectivity index (χ0n) is 8.87. The van der Waals surface area contributed by atoms with Crippen molar-refractivity contribution in [1.29, 1.82) is 5.26 Å². The van der Waals surface area contributed by atoms with Crippen molar-refractivity contribution in [3.63, 3.8) is 0 Å². The highest BCUT2D eigenvalue weighted by atomic mass is 79.9. The molecule has 0 spiro atoms. The van der Waals surface area contributed by atoms with E-state index in [9.17, 15) is 0 Å². The van der Waals surface area contributed by atoms with Crippen molar-refractivity contribution >= 4 is 15.9 Å². The van der Waals surface area contributed by atoms with Gasteiger partial charge in [0, 0.05) is 0 Å². The molecule has 4 heteroatoms. The van der Waals surface area contributed by atoms with Crippen LogP contribution in [0.2, 0.25) is 0 Å². The first-order chi connectivity index (χ1) is 7.15. The Morgan fingerprint density at radius 2 is 2.00 bits per heavy atom. The van der Waals surface area contributed by atoms with Gasteiger partial charge in [-0.25, -0.2) is 0 Å². The monoisotopic (exact) mass is 269 g/mol. The first-order valence-electron chi connectivity index (χ1n) is 4.45. The normalized spacial score (nSPS) is 11.7. The Labute approximate surface area is 97.7 Å². The molecule has 3 nitrogen and oxygen atoms in total. The van der Waals surface area contributed by atoms with Gasteiger partial charge in [0.25, 0.3) is 0 Å². The molecule has 0 saturated carbocycles. The van der Waals surface area contributed by atoms with Crippen molar-refractivity contribution in [2.24, 2.45) is 0 Å². The lowest BCUT2D eigenvalue weighted by molar-refractivity contribution is 0.352. The van der Waals surface area contributed by atoms with Gasteiger partial charge in [-0.15, -0.1) is 0 Å². The molecule has 15 heavy (non-hydrogen) atoms. The van der Waals surface area contributed by atoms with Gasteiger partial charge < -0.3 is 9.47 Å². The summed E-state index contributed by atoms with van der Waals surface area (Å²) in [5.41, 5.74) is 0.898. The Bertz CT molecular complexity index is 398. The van der Waals surface area contributed by atoms with E-state index in [-0.39, 0.29) is 5.92 Å². The molecule has 0 heterocycles. The van der Waals surface area contributed by atoms with E-state index >= 15 is 0 Å². The minimum absolute atomic E-state index is 0.181. The fraction of sp³-hybridized carbons (Fsp3) is 0.364. The van der Waals surface area contributed by atoms with Crippen LogP contribution in [0.1, 0.15) is 18.4 Å². The molecule has 0 saturated heterocycles. The number of hydrogen-bond donors (Lipinski definition) is 0. The second-order valence-corrected chi connectivity index (χ2v) is 3.85. The van der Waals surface area contributed by atoms with E-state index in [4.69, 9.17) is 14.7 Å². The molecule has 0 bridgehead atoms. The van der Waals surface area contributed by atoms with Crippen LogP contribution in [-0.2, 0) is 0 Å². The number of benzene rings is 1. The van der Waals surface area contributed by atoms with Crippen molar-refractivity contribution in [3.8, 4) is 17.6 Å². The lowest BCUT2D eigenvalue weighted by Crippen LogP contribution is -1.97. The summed E-state index contributed by atoms with van der Waals surface area (Å²) in [6, 6.07) is 5.84. The van der Waals surface area contributed by atoms with Crippen molar-refractivity contribution in [2.45, 2.75) is 12.8 Å². The second kappa shape index (κ2) is 5.04. The summed E-state index contributed by atoms with van der Waals surface area (Å²) >= 11 is 3.42. The van der Waals surface area contributed by atoms with Crippen molar-refractivity contribution < 1.29 is 9.47 Å². The second-order valence-electron chi connectivity index (χ2n) is 3.06. The molecule has 0 N–H and O–H groups in total. The Morgan fingerprint density at radius 1 is 1.33 bits per heavy atom. The van der Waals surface area contributed by atoms with Crippen LogP contribution in [-0.4, -0.2) is 14.2 Å². The summed E-state index contributed by atoms with van der Waals surface area (Å²) in [5.74, 6) is 1.09. The van der Waals surface area contributed by atoms with Crippen LogP contribution < -0.4 is 9.47 Å². The summed E-state index contributed by atoms with van der Waals surface area (Å²) in [5, 5.41) is 8.86. The molecular formula is C11H12BrNO2. The molecule has 1 aromatic rings. The first-order valence-corrected chi connectivity index (χ1v) is 5.25. The third-order valence-corrected chi connectivity index (χ3v) is 2.99. The highest BCUT2D eigenvalue weighted by molar-refractivity contribution is 9.10. The Morgan fingerprint density at radius 3 is 2.47 bits per heavy atom. The SMILES string of the molecule is COc1ccc(C(C)C#N)c(Br)c1OC. The average Bonchev–Trinajstić information content (AvgIpc) is 2.27. The zero-order valence-corrected chi connectivity index (χ0v) is 10.5. The van der Waals surface area contributed by atoms with E-state index in [1.807, 2.05) is 13.0 Å². The maximum atomic E-state index is 8.86. The van der Waals surface area contributed by atoms with E-state index < -0.39 is 0 Å². The van der Waals surface area contributed by atoms with Crippen molar-refractivity contribution in [3.05, 3.63) is 22.2 Å². The topological polar surface area (TPSA) is 42.2 Å². The van der Waals surface area contributed by atoms with Crippen LogP contribution in [0, 0.1) is 11.3 Å². The number of halogens is 1. The quantitative estimate of drug-likeness (QED) is 0.847. The minimum atomic E-state index is -0.181. The molecule has 80 valence electrons. The van der Waals surface area contributed by atoms with Gasteiger partial charge >= 0.3 is 0 Å². The van der Waals surface area contributed by atoms with Gasteiger partial charge in [0.1, 0.15) is 0 Å². The van der Waals surface area contributed by atoms with Gasteiger partial charge in [-0.2, -0.15) is 5.26 Å². The maximum Gasteiger partial charge on any atom is 0.175 e. The summed E-state index contributed by atoms with van der Waals surface area (Å²) in [7, 11) is 3.15. The summed E-state index contributed by atoms with van der Waals surface area (Å²) in [4.78, 5) is 0. The number of hydrogen-bond acceptors (Lipinski definition) is 3. The van der Waals surface area contributed by atoms with Crippen LogP contribution in [0.5, 0.6) is 11.5 Å². The molecule has 1 atom stereocenters. The Kier molecular flexibility index (Phi) is 3.98. The molecule has 0 aliphatic rings. The number of methoxy groups -OCH3 is 2. The van der Waals surface area contributed by atoms with Crippen molar-refractivity contribution in [1.82, 2.24) is 0 Å². The molecule has 0 aromatic heterocycles. The van der Waals surface area contributed by atoms with Crippen LogP contribution in [0.3, 0.4) is 0 Å². The van der Waals surface area contributed by atoms with E-state index in [1.54, 1.807) is 20.3 Å². The van der Waals surface area contributed by atoms with Gasteiger partial charge in [0.15, 0.2) is 11.5 Å². The first kappa shape index (κ1) is 11.9. The average molecular weight is 270 g/mol. The standard InChI is InChI=1S/C11H12BrNO2/c1-7(6-13)8-4-5-9(14-2)11(15-3)10(8)12/h4-5,7H,1-3H3. The largest absolute Gasteiger partial charge is 0.493 e. The van der Waals surface area contributed by atoms with Crippen LogP contribution in [0.25, 0.3) is 0 Å². The highest BCUT2D eigenvalue weighted by Crippen LogP contribution is 2.39. The van der Waals surface area contributed by atoms with Gasteiger partial charge in [-0.3, -0.25) is 0 Å². The fourth-order valence-electron chi connectivity index (χ4n) is 1.31. The molecule has 0 fully saturated rings. The Hall–Kier alpha value is -1.21. The van der Waals surface area contributed by atoms with Crippen molar-refractivity contribution in [2.75, 3.05) is 14.2 Å². The van der Waals surface area contributed by atoms with Gasteiger partial charge in [-0.1, -0.05) is 6.07 Å². The van der Waals surface area contributed by atoms with Crippen LogP contribution in [0.4, 0.5) is 0 Å². The molecule has 1 rings (SSSR count). The smallest absolute Gasteiger partial charge is 0.175 e. The maximum absolute atomic E-state index is 8.86. The zero-order chi connectivity index (χ0) is 11.4. The van der Waals surface area contributed by atoms with Gasteiger partial charge in [0.05, 0.1) is 30.7 Å². The molecular weight excluding hydrogens is 258 g/mol. The van der Waals surface area contributed by atoms with E-state index in [2.05, 4.69) is 22.0 Å². The van der Waals surface area contributed by atoms with Gasteiger partial charge in [0.2, 0.25) is 0 Å². The predicted octanol–water partition coefficient (Wildman–Crippen LogP) is 3.09. The van der Waals surface area contributed by atoms with Crippen LogP contribution in [0.15, 0.2) is 16.6 Å². The van der Waals surface area contributed by atoms with Gasteiger partial charge in [-0.05, 0) is 34.5 Å².